The summed E-state index contributed by atoms with van der Waals surface area (Å²) in [5, 5.41) is 8.32. The molecule has 114 valence electrons. The van der Waals surface area contributed by atoms with Crippen LogP contribution < -0.4 is 10.5 Å². The molecule has 21 heavy (non-hydrogen) atoms. The molecule has 0 atom stereocenters. The highest BCUT2D eigenvalue weighted by atomic mass is 16.5. The van der Waals surface area contributed by atoms with Crippen LogP contribution in [0, 0.1) is 0 Å². The predicted molar refractivity (Wildman–Crippen MR) is 83.0 cm³/mol. The number of aromatic nitrogens is 3. The number of unbranched alkanes of at least 4 members (excludes halogenated alkanes) is 1. The molecule has 1 heterocycles. The second kappa shape index (κ2) is 7.78. The molecule has 0 unspecified atom stereocenters. The Labute approximate surface area is 126 Å². The summed E-state index contributed by atoms with van der Waals surface area (Å²) in [5.74, 6) is 0.876. The van der Waals surface area contributed by atoms with Gasteiger partial charge < -0.3 is 10.5 Å². The SMILES string of the molecule is CCCCn1nnc(CN)c1COc1cccc(CC)c1. The van der Waals surface area contributed by atoms with Crippen LogP contribution in [0.3, 0.4) is 0 Å². The Morgan fingerprint density at radius 2 is 2.14 bits per heavy atom. The summed E-state index contributed by atoms with van der Waals surface area (Å²) < 4.78 is 7.81. The number of rotatable bonds is 8. The molecule has 0 bridgehead atoms. The highest BCUT2D eigenvalue weighted by Gasteiger charge is 2.12. The first-order valence-corrected chi connectivity index (χ1v) is 7.61. The normalized spacial score (nSPS) is 10.8. The summed E-state index contributed by atoms with van der Waals surface area (Å²) in [4.78, 5) is 0. The van der Waals surface area contributed by atoms with E-state index < -0.39 is 0 Å². The molecule has 5 heteroatoms. The van der Waals surface area contributed by atoms with Crippen molar-refractivity contribution in [3.05, 3.63) is 41.2 Å². The largest absolute Gasteiger partial charge is 0.487 e. The molecule has 1 aromatic carbocycles. The van der Waals surface area contributed by atoms with Gasteiger partial charge in [0.05, 0.1) is 0 Å². The van der Waals surface area contributed by atoms with Crippen LogP contribution in [-0.2, 0) is 26.1 Å². The lowest BCUT2D eigenvalue weighted by atomic mass is 10.2. The zero-order valence-electron chi connectivity index (χ0n) is 12.9. The Bertz CT molecular complexity index is 565. The van der Waals surface area contributed by atoms with Crippen LogP contribution in [0.4, 0.5) is 0 Å². The Hall–Kier alpha value is -1.88. The molecule has 5 nitrogen and oxygen atoms in total. The lowest BCUT2D eigenvalue weighted by Crippen LogP contribution is -2.11. The van der Waals surface area contributed by atoms with Crippen molar-refractivity contribution in [2.75, 3.05) is 0 Å². The van der Waals surface area contributed by atoms with Gasteiger partial charge in [-0.15, -0.1) is 5.10 Å². The van der Waals surface area contributed by atoms with Gasteiger partial charge in [0.15, 0.2) is 0 Å². The lowest BCUT2D eigenvalue weighted by molar-refractivity contribution is 0.289. The Kier molecular flexibility index (Phi) is 5.75. The third-order valence-corrected chi connectivity index (χ3v) is 3.52. The van der Waals surface area contributed by atoms with E-state index in [9.17, 15) is 0 Å². The quantitative estimate of drug-likeness (QED) is 0.811. The molecule has 0 amide bonds. The maximum Gasteiger partial charge on any atom is 0.132 e. The number of ether oxygens (including phenoxy) is 1. The van der Waals surface area contributed by atoms with Crippen LogP contribution in [0.5, 0.6) is 5.75 Å². The average Bonchev–Trinajstić information content (AvgIpc) is 2.93. The van der Waals surface area contributed by atoms with E-state index in [0.29, 0.717) is 13.2 Å². The van der Waals surface area contributed by atoms with Gasteiger partial charge in [-0.25, -0.2) is 4.68 Å². The fourth-order valence-electron chi connectivity index (χ4n) is 2.18. The summed E-state index contributed by atoms with van der Waals surface area (Å²) in [6.45, 7) is 6.00. The van der Waals surface area contributed by atoms with Gasteiger partial charge in [0.25, 0.3) is 0 Å². The van der Waals surface area contributed by atoms with Crippen molar-refractivity contribution in [2.24, 2.45) is 5.73 Å². The van der Waals surface area contributed by atoms with Crippen molar-refractivity contribution in [1.29, 1.82) is 0 Å². The molecule has 0 fully saturated rings. The molecule has 0 aliphatic carbocycles. The summed E-state index contributed by atoms with van der Waals surface area (Å²) >= 11 is 0. The predicted octanol–water partition coefficient (Wildman–Crippen LogP) is 2.68. The van der Waals surface area contributed by atoms with Crippen molar-refractivity contribution < 1.29 is 4.74 Å². The minimum Gasteiger partial charge on any atom is -0.487 e. The maximum absolute atomic E-state index is 5.90. The standard InChI is InChI=1S/C16H24N4O/c1-3-5-9-20-16(15(11-17)18-19-20)12-21-14-8-6-7-13(4-2)10-14/h6-8,10H,3-5,9,11-12,17H2,1-2H3. The zero-order valence-corrected chi connectivity index (χ0v) is 12.9. The maximum atomic E-state index is 5.90. The molecule has 0 saturated heterocycles. The number of nitrogens with two attached hydrogens (primary N) is 1. The van der Waals surface area contributed by atoms with Crippen molar-refractivity contribution in [3.63, 3.8) is 0 Å². The molecule has 1 aromatic heterocycles. The molecule has 0 spiro atoms. The number of aryl methyl sites for hydroxylation is 2. The van der Waals surface area contributed by atoms with Crippen LogP contribution in [0.15, 0.2) is 24.3 Å². The van der Waals surface area contributed by atoms with Crippen LogP contribution >= 0.6 is 0 Å². The number of benzene rings is 1. The first kappa shape index (κ1) is 15.5. The smallest absolute Gasteiger partial charge is 0.132 e. The third-order valence-electron chi connectivity index (χ3n) is 3.52. The molecular weight excluding hydrogens is 264 g/mol. The van der Waals surface area contributed by atoms with E-state index in [1.807, 2.05) is 16.8 Å². The molecule has 0 aliphatic heterocycles. The zero-order chi connectivity index (χ0) is 15.1. The number of hydrogen-bond donors (Lipinski definition) is 1. The fourth-order valence-corrected chi connectivity index (χ4v) is 2.18. The van der Waals surface area contributed by atoms with Crippen LogP contribution in [0.25, 0.3) is 0 Å². The van der Waals surface area contributed by atoms with Crippen molar-refractivity contribution in [3.8, 4) is 5.75 Å². The van der Waals surface area contributed by atoms with Crippen LogP contribution in [-0.4, -0.2) is 15.0 Å². The Balaban J connectivity index is 2.08. The highest BCUT2D eigenvalue weighted by Crippen LogP contribution is 2.16. The summed E-state index contributed by atoms with van der Waals surface area (Å²) in [5.41, 5.74) is 8.80. The minimum atomic E-state index is 0.389. The van der Waals surface area contributed by atoms with Crippen LogP contribution in [0.1, 0.15) is 43.6 Å². The topological polar surface area (TPSA) is 66.0 Å². The fraction of sp³-hybridized carbons (Fsp3) is 0.500. The van der Waals surface area contributed by atoms with E-state index in [4.69, 9.17) is 10.5 Å². The van der Waals surface area contributed by atoms with Crippen molar-refractivity contribution in [1.82, 2.24) is 15.0 Å². The highest BCUT2D eigenvalue weighted by molar-refractivity contribution is 5.28. The molecule has 2 aromatic rings. The minimum absolute atomic E-state index is 0.389. The number of nitrogens with zero attached hydrogens (tertiary/aromatic N) is 3. The van der Waals surface area contributed by atoms with Crippen LogP contribution in [0.2, 0.25) is 0 Å². The van der Waals surface area contributed by atoms with Gasteiger partial charge in [-0.05, 0) is 30.5 Å². The van der Waals surface area contributed by atoms with Gasteiger partial charge in [-0.2, -0.15) is 0 Å². The number of hydrogen-bond acceptors (Lipinski definition) is 4. The van der Waals surface area contributed by atoms with E-state index in [0.717, 1.165) is 42.9 Å². The first-order valence-electron chi connectivity index (χ1n) is 7.61. The molecule has 0 radical (unpaired) electrons. The molecule has 2 N–H and O–H groups in total. The molecule has 2 rings (SSSR count). The van der Waals surface area contributed by atoms with Gasteiger partial charge in [-0.1, -0.05) is 37.6 Å². The Morgan fingerprint density at radius 1 is 1.29 bits per heavy atom. The van der Waals surface area contributed by atoms with Gasteiger partial charge >= 0.3 is 0 Å². The van der Waals surface area contributed by atoms with Crippen molar-refractivity contribution in [2.45, 2.75) is 52.8 Å². The molecular formula is C16H24N4O. The van der Waals surface area contributed by atoms with E-state index in [1.54, 1.807) is 0 Å². The van der Waals surface area contributed by atoms with E-state index >= 15 is 0 Å². The third kappa shape index (κ3) is 4.04. The monoisotopic (exact) mass is 288 g/mol. The summed E-state index contributed by atoms with van der Waals surface area (Å²) in [6.07, 6.45) is 3.20. The summed E-state index contributed by atoms with van der Waals surface area (Å²) in [6, 6.07) is 8.17. The van der Waals surface area contributed by atoms with Crippen molar-refractivity contribution >= 4 is 0 Å². The lowest BCUT2D eigenvalue weighted by Gasteiger charge is -2.10. The summed E-state index contributed by atoms with van der Waals surface area (Å²) in [7, 11) is 0. The van der Waals surface area contributed by atoms with Gasteiger partial charge in [0.1, 0.15) is 23.7 Å². The van der Waals surface area contributed by atoms with E-state index in [-0.39, 0.29) is 0 Å². The second-order valence-corrected chi connectivity index (χ2v) is 5.05. The molecule has 0 saturated carbocycles. The van der Waals surface area contributed by atoms with Gasteiger partial charge in [-0.3, -0.25) is 0 Å². The van der Waals surface area contributed by atoms with Gasteiger partial charge in [0.2, 0.25) is 0 Å². The van der Waals surface area contributed by atoms with E-state index in [1.165, 1.54) is 5.56 Å². The van der Waals surface area contributed by atoms with Gasteiger partial charge in [0, 0.05) is 13.1 Å². The average molecular weight is 288 g/mol. The first-order chi connectivity index (χ1) is 10.3. The van der Waals surface area contributed by atoms with E-state index in [2.05, 4.69) is 36.3 Å². The molecule has 0 aliphatic rings. The second-order valence-electron chi connectivity index (χ2n) is 5.05. The Morgan fingerprint density at radius 3 is 2.86 bits per heavy atom.